The maximum Gasteiger partial charge on any atom is 0.360 e. The van der Waals surface area contributed by atoms with E-state index in [2.05, 4.69) is 14.7 Å². The molecule has 0 radical (unpaired) electrons. The van der Waals surface area contributed by atoms with Crippen molar-refractivity contribution in [2.24, 2.45) is 5.16 Å². The molecule has 0 atom stereocenters. The van der Waals surface area contributed by atoms with E-state index in [0.29, 0.717) is 0 Å². The van der Waals surface area contributed by atoms with Crippen molar-refractivity contribution in [3.05, 3.63) is 35.4 Å². The van der Waals surface area contributed by atoms with Crippen LogP contribution in [0.25, 0.3) is 0 Å². The number of rotatable bonds is 4. The average molecular weight is 256 g/mol. The van der Waals surface area contributed by atoms with Gasteiger partial charge in [0.25, 0.3) is 5.24 Å². The smallest absolute Gasteiger partial charge is 0.360 e. The largest absolute Gasteiger partial charge is 0.464 e. The monoisotopic (exact) mass is 255 g/mol. The van der Waals surface area contributed by atoms with Crippen molar-refractivity contribution in [1.82, 2.24) is 0 Å². The normalized spacial score (nSPS) is 10.9. The van der Waals surface area contributed by atoms with E-state index in [0.717, 1.165) is 0 Å². The highest BCUT2D eigenvalue weighted by molar-refractivity contribution is 6.68. The van der Waals surface area contributed by atoms with Crippen LogP contribution in [0.3, 0.4) is 0 Å². The van der Waals surface area contributed by atoms with Crippen molar-refractivity contribution in [2.45, 2.75) is 0 Å². The molecule has 0 aliphatic rings. The Kier molecular flexibility index (Phi) is 4.66. The summed E-state index contributed by atoms with van der Waals surface area (Å²) in [6.45, 7) is 0. The molecule has 0 heterocycles. The molecule has 0 fully saturated rings. The molecule has 0 amide bonds. The Hall–Kier alpha value is -1.88. The van der Waals surface area contributed by atoms with E-state index in [4.69, 9.17) is 11.6 Å². The number of esters is 1. The lowest BCUT2D eigenvalue weighted by molar-refractivity contribution is -0.132. The predicted molar refractivity (Wildman–Crippen MR) is 62.2 cm³/mol. The number of nitrogens with zero attached hydrogens (tertiary/aromatic N) is 1. The van der Waals surface area contributed by atoms with Crippen LogP contribution in [0.5, 0.6) is 0 Å². The number of carbonyl (C=O) groups excluding carboxylic acids is 2. The number of benzene rings is 1. The van der Waals surface area contributed by atoms with Crippen LogP contribution in [0, 0.1) is 0 Å². The van der Waals surface area contributed by atoms with Crippen LogP contribution in [0.4, 0.5) is 0 Å². The van der Waals surface area contributed by atoms with E-state index >= 15 is 0 Å². The van der Waals surface area contributed by atoms with E-state index in [-0.39, 0.29) is 16.8 Å². The summed E-state index contributed by atoms with van der Waals surface area (Å²) in [6, 6.07) is 6.29. The van der Waals surface area contributed by atoms with E-state index in [1.807, 2.05) is 0 Å². The van der Waals surface area contributed by atoms with Crippen LogP contribution in [0.15, 0.2) is 29.4 Å². The Morgan fingerprint density at radius 1 is 1.18 bits per heavy atom. The molecule has 0 aliphatic heterocycles. The topological polar surface area (TPSA) is 65.0 Å². The lowest BCUT2D eigenvalue weighted by Crippen LogP contribution is -2.19. The second-order valence-corrected chi connectivity index (χ2v) is 3.28. The van der Waals surface area contributed by atoms with Crippen molar-refractivity contribution < 1.29 is 19.2 Å². The molecule has 0 bridgehead atoms. The standard InChI is InChI=1S/C11H10ClNO4/c1-16-11(15)9(13-17-2)7-5-3-4-6-8(7)10(12)14/h3-6H,1-2H3. The first kappa shape index (κ1) is 13.2. The summed E-state index contributed by atoms with van der Waals surface area (Å²) in [5.41, 5.74) is 0.316. The number of ether oxygens (including phenoxy) is 1. The molecule has 0 unspecified atom stereocenters. The summed E-state index contributed by atoms with van der Waals surface area (Å²) < 4.78 is 4.55. The first-order valence-corrected chi connectivity index (χ1v) is 4.98. The zero-order valence-corrected chi connectivity index (χ0v) is 10.0. The molecule has 17 heavy (non-hydrogen) atoms. The van der Waals surface area contributed by atoms with Crippen LogP contribution in [0.1, 0.15) is 15.9 Å². The Labute approximate surface area is 103 Å². The third-order valence-corrected chi connectivity index (χ3v) is 2.16. The van der Waals surface area contributed by atoms with Gasteiger partial charge in [0.2, 0.25) is 0 Å². The summed E-state index contributed by atoms with van der Waals surface area (Å²) in [5.74, 6) is -0.711. The van der Waals surface area contributed by atoms with Crippen LogP contribution in [-0.2, 0) is 14.4 Å². The molecule has 0 aliphatic carbocycles. The number of hydrogen-bond donors (Lipinski definition) is 0. The molecule has 0 saturated heterocycles. The molecule has 0 aromatic heterocycles. The highest BCUT2D eigenvalue weighted by Gasteiger charge is 2.21. The number of carbonyl (C=O) groups is 2. The molecule has 0 spiro atoms. The molecule has 1 aromatic carbocycles. The second kappa shape index (κ2) is 6.00. The van der Waals surface area contributed by atoms with Crippen molar-refractivity contribution in [1.29, 1.82) is 0 Å². The number of halogens is 1. The maximum atomic E-state index is 11.5. The van der Waals surface area contributed by atoms with E-state index in [9.17, 15) is 9.59 Å². The van der Waals surface area contributed by atoms with Crippen LogP contribution in [-0.4, -0.2) is 31.1 Å². The Balaban J connectivity index is 3.33. The summed E-state index contributed by atoms with van der Waals surface area (Å²) >= 11 is 5.41. The van der Waals surface area contributed by atoms with Crippen molar-refractivity contribution in [3.63, 3.8) is 0 Å². The van der Waals surface area contributed by atoms with E-state index in [1.165, 1.54) is 26.4 Å². The van der Waals surface area contributed by atoms with Gasteiger partial charge in [-0.1, -0.05) is 23.4 Å². The van der Waals surface area contributed by atoms with Gasteiger partial charge in [-0.25, -0.2) is 4.79 Å². The van der Waals surface area contributed by atoms with Gasteiger partial charge in [0.05, 0.1) is 7.11 Å². The Bertz CT molecular complexity index is 470. The maximum absolute atomic E-state index is 11.5. The third-order valence-electron chi connectivity index (χ3n) is 1.96. The molecule has 90 valence electrons. The molecule has 0 N–H and O–H groups in total. The summed E-state index contributed by atoms with van der Waals surface area (Å²) in [5, 5.41) is 2.85. The summed E-state index contributed by atoms with van der Waals surface area (Å²) in [6.07, 6.45) is 0. The zero-order valence-electron chi connectivity index (χ0n) is 9.27. The quantitative estimate of drug-likeness (QED) is 0.355. The zero-order chi connectivity index (χ0) is 12.8. The molecule has 0 saturated carbocycles. The van der Waals surface area contributed by atoms with Gasteiger partial charge in [-0.15, -0.1) is 0 Å². The third kappa shape index (κ3) is 3.04. The van der Waals surface area contributed by atoms with Gasteiger partial charge in [0.1, 0.15) is 7.11 Å². The molecular formula is C11H10ClNO4. The van der Waals surface area contributed by atoms with E-state index < -0.39 is 11.2 Å². The Morgan fingerprint density at radius 3 is 2.24 bits per heavy atom. The summed E-state index contributed by atoms with van der Waals surface area (Å²) in [4.78, 5) is 27.2. The minimum absolute atomic E-state index is 0.111. The van der Waals surface area contributed by atoms with Gasteiger partial charge in [0, 0.05) is 11.1 Å². The summed E-state index contributed by atoms with van der Waals surface area (Å²) in [7, 11) is 2.49. The molecule has 5 nitrogen and oxygen atoms in total. The van der Waals surface area contributed by atoms with Crippen LogP contribution in [0.2, 0.25) is 0 Å². The highest BCUT2D eigenvalue weighted by atomic mass is 35.5. The fourth-order valence-electron chi connectivity index (χ4n) is 1.25. The first-order valence-electron chi connectivity index (χ1n) is 4.60. The van der Waals surface area contributed by atoms with Gasteiger partial charge in [-0.05, 0) is 17.7 Å². The molecular weight excluding hydrogens is 246 g/mol. The number of methoxy groups -OCH3 is 1. The number of hydrogen-bond acceptors (Lipinski definition) is 5. The van der Waals surface area contributed by atoms with Crippen molar-refractivity contribution >= 4 is 28.5 Å². The lowest BCUT2D eigenvalue weighted by atomic mass is 10.0. The fourth-order valence-corrected chi connectivity index (χ4v) is 1.41. The van der Waals surface area contributed by atoms with E-state index in [1.54, 1.807) is 12.1 Å². The molecule has 1 rings (SSSR count). The van der Waals surface area contributed by atoms with Crippen LogP contribution >= 0.6 is 11.6 Å². The highest BCUT2D eigenvalue weighted by Crippen LogP contribution is 2.14. The lowest BCUT2D eigenvalue weighted by Gasteiger charge is -2.06. The molecule has 1 aromatic rings. The number of oxime groups is 1. The minimum Gasteiger partial charge on any atom is -0.464 e. The average Bonchev–Trinajstić information content (AvgIpc) is 2.35. The Morgan fingerprint density at radius 2 is 1.76 bits per heavy atom. The predicted octanol–water partition coefficient (Wildman–Crippen LogP) is 1.59. The van der Waals surface area contributed by atoms with Crippen LogP contribution < -0.4 is 0 Å². The van der Waals surface area contributed by atoms with Gasteiger partial charge in [0.15, 0.2) is 5.71 Å². The van der Waals surface area contributed by atoms with Crippen molar-refractivity contribution in [3.8, 4) is 0 Å². The minimum atomic E-state index is -0.711. The van der Waals surface area contributed by atoms with Gasteiger partial charge in [-0.3, -0.25) is 4.79 Å². The van der Waals surface area contributed by atoms with Gasteiger partial charge >= 0.3 is 5.97 Å². The van der Waals surface area contributed by atoms with Crippen molar-refractivity contribution in [2.75, 3.05) is 14.2 Å². The SMILES string of the molecule is CON=C(C(=O)OC)c1ccccc1C(=O)Cl. The molecule has 6 heteroatoms. The first-order chi connectivity index (χ1) is 8.11. The second-order valence-electron chi connectivity index (χ2n) is 2.93. The van der Waals surface area contributed by atoms with Gasteiger partial charge < -0.3 is 9.57 Å². The van der Waals surface area contributed by atoms with Gasteiger partial charge in [-0.2, -0.15) is 0 Å². The fraction of sp³-hybridized carbons (Fsp3) is 0.182.